The van der Waals surface area contributed by atoms with E-state index in [1.54, 1.807) is 11.3 Å². The van der Waals surface area contributed by atoms with Crippen LogP contribution in [0.2, 0.25) is 9.36 Å². The standard InChI is InChI=1S/C15H17Cl2NOS/c1-9(2)19-13-5-4-11(8-12(13)16)18-10(3)14-6-7-15(17)20-14/h4-10,18H,1-3H3. The molecule has 108 valence electrons. The first kappa shape index (κ1) is 15.5. The third kappa shape index (κ3) is 4.05. The zero-order valence-corrected chi connectivity index (χ0v) is 13.9. The first-order valence-corrected chi connectivity index (χ1v) is 8.01. The van der Waals surface area contributed by atoms with Gasteiger partial charge in [0.25, 0.3) is 0 Å². The minimum absolute atomic E-state index is 0.110. The predicted molar refractivity (Wildman–Crippen MR) is 88.6 cm³/mol. The number of ether oxygens (including phenoxy) is 1. The quantitative estimate of drug-likeness (QED) is 0.724. The molecule has 0 aliphatic carbocycles. The van der Waals surface area contributed by atoms with Crippen LogP contribution in [0.3, 0.4) is 0 Å². The van der Waals surface area contributed by atoms with Gasteiger partial charge in [-0.25, -0.2) is 0 Å². The van der Waals surface area contributed by atoms with Gasteiger partial charge >= 0.3 is 0 Å². The zero-order valence-electron chi connectivity index (χ0n) is 11.6. The minimum atomic E-state index is 0.110. The highest BCUT2D eigenvalue weighted by molar-refractivity contribution is 7.16. The molecule has 2 nitrogen and oxygen atoms in total. The van der Waals surface area contributed by atoms with Crippen LogP contribution in [0.15, 0.2) is 30.3 Å². The van der Waals surface area contributed by atoms with Gasteiger partial charge in [0.1, 0.15) is 5.75 Å². The molecular formula is C15H17Cl2NOS. The molecule has 1 N–H and O–H groups in total. The van der Waals surface area contributed by atoms with Gasteiger partial charge in [0, 0.05) is 10.6 Å². The second kappa shape index (κ2) is 6.70. The van der Waals surface area contributed by atoms with Crippen molar-refractivity contribution in [3.63, 3.8) is 0 Å². The molecule has 2 rings (SSSR count). The third-order valence-electron chi connectivity index (χ3n) is 2.70. The van der Waals surface area contributed by atoms with Crippen LogP contribution in [-0.4, -0.2) is 6.10 Å². The number of hydrogen-bond donors (Lipinski definition) is 1. The van der Waals surface area contributed by atoms with Gasteiger partial charge in [-0.05, 0) is 51.1 Å². The average Bonchev–Trinajstić information content (AvgIpc) is 2.79. The Morgan fingerprint density at radius 1 is 1.10 bits per heavy atom. The van der Waals surface area contributed by atoms with Gasteiger partial charge in [-0.2, -0.15) is 0 Å². The van der Waals surface area contributed by atoms with Crippen LogP contribution in [0.5, 0.6) is 5.75 Å². The van der Waals surface area contributed by atoms with Crippen LogP contribution in [0, 0.1) is 0 Å². The van der Waals surface area contributed by atoms with Gasteiger partial charge in [-0.3, -0.25) is 0 Å². The maximum atomic E-state index is 6.22. The van der Waals surface area contributed by atoms with Crippen LogP contribution in [0.1, 0.15) is 31.7 Å². The van der Waals surface area contributed by atoms with Crippen molar-refractivity contribution in [1.82, 2.24) is 0 Å². The molecule has 1 aromatic carbocycles. The summed E-state index contributed by atoms with van der Waals surface area (Å²) < 4.78 is 6.42. The Labute approximate surface area is 133 Å². The van der Waals surface area contributed by atoms with Crippen molar-refractivity contribution in [3.8, 4) is 5.75 Å². The summed E-state index contributed by atoms with van der Waals surface area (Å²) in [6, 6.07) is 9.86. The fraction of sp³-hybridized carbons (Fsp3) is 0.333. The molecule has 0 bridgehead atoms. The summed E-state index contributed by atoms with van der Waals surface area (Å²) in [5, 5.41) is 4.02. The molecule has 5 heteroatoms. The van der Waals surface area contributed by atoms with Gasteiger partial charge in [-0.1, -0.05) is 23.2 Å². The largest absolute Gasteiger partial charge is 0.489 e. The number of halogens is 2. The highest BCUT2D eigenvalue weighted by atomic mass is 35.5. The molecule has 1 heterocycles. The van der Waals surface area contributed by atoms with E-state index in [4.69, 9.17) is 27.9 Å². The summed E-state index contributed by atoms with van der Waals surface area (Å²) in [5.74, 6) is 0.707. The van der Waals surface area contributed by atoms with Crippen molar-refractivity contribution in [2.24, 2.45) is 0 Å². The molecule has 0 radical (unpaired) electrons. The first-order chi connectivity index (χ1) is 9.45. The van der Waals surface area contributed by atoms with Crippen molar-refractivity contribution in [1.29, 1.82) is 0 Å². The number of hydrogen-bond acceptors (Lipinski definition) is 3. The third-order valence-corrected chi connectivity index (χ3v) is 4.41. The molecule has 20 heavy (non-hydrogen) atoms. The maximum absolute atomic E-state index is 6.22. The molecule has 0 aliphatic heterocycles. The molecule has 0 aliphatic rings. The monoisotopic (exact) mass is 329 g/mol. The summed E-state index contributed by atoms with van der Waals surface area (Å²) in [6.45, 7) is 6.05. The predicted octanol–water partition coefficient (Wildman–Crippen LogP) is 6.02. The normalized spacial score (nSPS) is 12.5. The topological polar surface area (TPSA) is 21.3 Å². The Bertz CT molecular complexity index is 583. The number of benzene rings is 1. The van der Waals surface area contributed by atoms with Gasteiger partial charge in [-0.15, -0.1) is 11.3 Å². The Balaban J connectivity index is 2.08. The van der Waals surface area contributed by atoms with Crippen LogP contribution >= 0.6 is 34.5 Å². The molecule has 0 saturated carbocycles. The van der Waals surface area contributed by atoms with E-state index < -0.39 is 0 Å². The molecular weight excluding hydrogens is 313 g/mol. The second-order valence-corrected chi connectivity index (χ2v) is 6.97. The fourth-order valence-corrected chi connectivity index (χ4v) is 3.11. The number of nitrogens with one attached hydrogen (secondary N) is 1. The number of anilines is 1. The van der Waals surface area contributed by atoms with Gasteiger partial charge in [0.2, 0.25) is 0 Å². The zero-order chi connectivity index (χ0) is 14.7. The lowest BCUT2D eigenvalue weighted by Gasteiger charge is -2.16. The summed E-state index contributed by atoms with van der Waals surface area (Å²) in [5.41, 5.74) is 0.961. The lowest BCUT2D eigenvalue weighted by atomic mass is 10.2. The molecule has 1 atom stereocenters. The Morgan fingerprint density at radius 2 is 1.85 bits per heavy atom. The van der Waals surface area contributed by atoms with E-state index in [2.05, 4.69) is 12.2 Å². The van der Waals surface area contributed by atoms with E-state index in [0.29, 0.717) is 10.8 Å². The molecule has 0 saturated heterocycles. The van der Waals surface area contributed by atoms with Crippen molar-refractivity contribution in [3.05, 3.63) is 44.6 Å². The lowest BCUT2D eigenvalue weighted by Crippen LogP contribution is -2.07. The van der Waals surface area contributed by atoms with E-state index in [1.165, 1.54) is 4.88 Å². The Morgan fingerprint density at radius 3 is 2.40 bits per heavy atom. The van der Waals surface area contributed by atoms with Crippen LogP contribution in [0.4, 0.5) is 5.69 Å². The Kier molecular flexibility index (Phi) is 5.19. The highest BCUT2D eigenvalue weighted by Crippen LogP contribution is 2.32. The molecule has 1 aromatic heterocycles. The van der Waals surface area contributed by atoms with Crippen LogP contribution < -0.4 is 10.1 Å². The van der Waals surface area contributed by atoms with Crippen LogP contribution in [-0.2, 0) is 0 Å². The number of thiophene rings is 1. The fourth-order valence-electron chi connectivity index (χ4n) is 1.82. The SMILES string of the molecule is CC(C)Oc1ccc(NC(C)c2ccc(Cl)s2)cc1Cl. The smallest absolute Gasteiger partial charge is 0.138 e. The van der Waals surface area contributed by atoms with Crippen molar-refractivity contribution >= 4 is 40.2 Å². The molecule has 0 amide bonds. The highest BCUT2D eigenvalue weighted by Gasteiger charge is 2.10. The Hall–Kier alpha value is -0.900. The van der Waals surface area contributed by atoms with Gasteiger partial charge in [0.15, 0.2) is 0 Å². The van der Waals surface area contributed by atoms with E-state index in [1.807, 2.05) is 44.2 Å². The molecule has 0 spiro atoms. The summed E-state index contributed by atoms with van der Waals surface area (Å²) in [6.07, 6.45) is 0.110. The van der Waals surface area contributed by atoms with Crippen molar-refractivity contribution < 1.29 is 4.74 Å². The summed E-state index contributed by atoms with van der Waals surface area (Å²) >= 11 is 13.8. The minimum Gasteiger partial charge on any atom is -0.489 e. The van der Waals surface area contributed by atoms with Gasteiger partial charge in [0.05, 0.1) is 21.5 Å². The second-order valence-electron chi connectivity index (χ2n) is 4.82. The van der Waals surface area contributed by atoms with E-state index in [-0.39, 0.29) is 12.1 Å². The summed E-state index contributed by atoms with van der Waals surface area (Å²) in [4.78, 5) is 1.19. The van der Waals surface area contributed by atoms with E-state index >= 15 is 0 Å². The van der Waals surface area contributed by atoms with E-state index in [0.717, 1.165) is 10.0 Å². The first-order valence-electron chi connectivity index (χ1n) is 6.43. The molecule has 0 fully saturated rings. The molecule has 2 aromatic rings. The number of rotatable bonds is 5. The molecule has 1 unspecified atom stereocenters. The lowest BCUT2D eigenvalue weighted by molar-refractivity contribution is 0.242. The van der Waals surface area contributed by atoms with Crippen molar-refractivity contribution in [2.75, 3.05) is 5.32 Å². The van der Waals surface area contributed by atoms with E-state index in [9.17, 15) is 0 Å². The maximum Gasteiger partial charge on any atom is 0.138 e. The summed E-state index contributed by atoms with van der Waals surface area (Å²) in [7, 11) is 0. The average molecular weight is 330 g/mol. The van der Waals surface area contributed by atoms with Crippen molar-refractivity contribution in [2.45, 2.75) is 32.9 Å². The van der Waals surface area contributed by atoms with Gasteiger partial charge < -0.3 is 10.1 Å². The van der Waals surface area contributed by atoms with Crippen LogP contribution in [0.25, 0.3) is 0 Å².